The normalized spacial score (nSPS) is 11.7. The number of rotatable bonds is 7. The molecule has 13 nitrogen and oxygen atoms in total. The van der Waals surface area contributed by atoms with Crippen LogP contribution in [-0.2, 0) is 17.2 Å². The van der Waals surface area contributed by atoms with Gasteiger partial charge in [0.2, 0.25) is 10.9 Å². The molecule has 41 heavy (non-hydrogen) atoms. The molecule has 206 valence electrons. The molecule has 0 atom stereocenters. The Bertz CT molecular complexity index is 2090. The number of primary amides is 1. The molecule has 0 aliphatic heterocycles. The van der Waals surface area contributed by atoms with Gasteiger partial charge in [-0.05, 0) is 42.5 Å². The van der Waals surface area contributed by atoms with Crippen molar-refractivity contribution in [1.82, 2.24) is 29.4 Å². The van der Waals surface area contributed by atoms with Gasteiger partial charge in [-0.3, -0.25) is 9.35 Å². The van der Waals surface area contributed by atoms with E-state index in [0.29, 0.717) is 39.7 Å². The summed E-state index contributed by atoms with van der Waals surface area (Å²) in [6.45, 7) is 0. The van der Waals surface area contributed by atoms with Crippen LogP contribution in [0.4, 0.5) is 11.5 Å². The van der Waals surface area contributed by atoms with Crippen LogP contribution < -0.4 is 15.8 Å². The summed E-state index contributed by atoms with van der Waals surface area (Å²) < 4.78 is 41.4. The zero-order valence-electron chi connectivity index (χ0n) is 21.7. The highest BCUT2D eigenvalue weighted by Crippen LogP contribution is 2.34. The Hall–Kier alpha value is -5.34. The first kappa shape index (κ1) is 25.9. The Kier molecular flexibility index (Phi) is 6.12. The summed E-state index contributed by atoms with van der Waals surface area (Å²) in [7, 11) is -1.38. The molecule has 0 radical (unpaired) electrons. The molecule has 0 aliphatic rings. The van der Waals surface area contributed by atoms with Gasteiger partial charge in [-0.15, -0.1) is 15.3 Å². The number of carbonyl (C=O) groups excluding carboxylic acids is 1. The van der Waals surface area contributed by atoms with Gasteiger partial charge in [-0.2, -0.15) is 12.9 Å². The quantitative estimate of drug-likeness (QED) is 0.241. The second-order valence-electron chi connectivity index (χ2n) is 9.12. The number of imidazole rings is 1. The first-order chi connectivity index (χ1) is 19.6. The lowest BCUT2D eigenvalue weighted by Crippen LogP contribution is -2.12. The Morgan fingerprint density at radius 3 is 2.39 bits per heavy atom. The number of aromatic nitrogens is 6. The zero-order valence-corrected chi connectivity index (χ0v) is 22.5. The van der Waals surface area contributed by atoms with E-state index in [4.69, 9.17) is 15.6 Å². The van der Waals surface area contributed by atoms with Crippen molar-refractivity contribution in [2.45, 2.75) is 5.03 Å². The summed E-state index contributed by atoms with van der Waals surface area (Å²) in [5, 5.41) is 17.8. The molecule has 3 aromatic heterocycles. The van der Waals surface area contributed by atoms with Crippen LogP contribution in [0.1, 0.15) is 10.4 Å². The molecular formula is C27H22N8O5S. The molecule has 0 aliphatic carbocycles. The van der Waals surface area contributed by atoms with Gasteiger partial charge in [0.05, 0.1) is 12.8 Å². The summed E-state index contributed by atoms with van der Waals surface area (Å²) in [6.07, 6.45) is 1.19. The van der Waals surface area contributed by atoms with Gasteiger partial charge in [-0.25, -0.2) is 4.98 Å². The van der Waals surface area contributed by atoms with E-state index in [1.165, 1.54) is 22.9 Å². The topological polar surface area (TPSA) is 180 Å². The summed E-state index contributed by atoms with van der Waals surface area (Å²) in [5.74, 6) is 1.13. The van der Waals surface area contributed by atoms with Crippen LogP contribution in [0.3, 0.4) is 0 Å². The van der Waals surface area contributed by atoms with Crippen molar-refractivity contribution in [3.8, 4) is 28.5 Å². The standard InChI is InChI=1S/C27H22N8O5S/c1-34-14-22(41(37,38)39)30-26(34)20-12-9-16(23(28)36)13-21(20)29-24-18-5-3-4-6-19(18)27-32-31-25(35(27)33-24)15-7-10-17(40-2)11-8-15/h3-14H,1-2H3,(H2,28,36)(H,29,33)(H,37,38,39). The third kappa shape index (κ3) is 4.60. The number of benzene rings is 3. The molecule has 4 N–H and O–H groups in total. The SMILES string of the molecule is COc1ccc(-c2nnc3c4ccccc4c(Nc4cc(C(N)=O)ccc4-c4nc(S(=O)(=O)O)cn4C)nn23)cc1. The van der Waals surface area contributed by atoms with Crippen molar-refractivity contribution in [3.05, 3.63) is 78.5 Å². The van der Waals surface area contributed by atoms with Crippen molar-refractivity contribution in [2.24, 2.45) is 12.8 Å². The molecular weight excluding hydrogens is 548 g/mol. The largest absolute Gasteiger partial charge is 0.497 e. The highest BCUT2D eigenvalue weighted by atomic mass is 32.2. The number of ether oxygens (including phenoxy) is 1. The Balaban J connectivity index is 1.55. The van der Waals surface area contributed by atoms with Gasteiger partial charge >= 0.3 is 10.1 Å². The molecule has 14 heteroatoms. The second-order valence-corrected chi connectivity index (χ2v) is 10.5. The molecule has 0 spiro atoms. The molecule has 0 unspecified atom stereocenters. The van der Waals surface area contributed by atoms with Crippen molar-refractivity contribution in [1.29, 1.82) is 0 Å². The fourth-order valence-corrected chi connectivity index (χ4v) is 5.02. The van der Waals surface area contributed by atoms with E-state index in [1.54, 1.807) is 24.7 Å². The van der Waals surface area contributed by atoms with Gasteiger partial charge < -0.3 is 20.4 Å². The minimum Gasteiger partial charge on any atom is -0.497 e. The van der Waals surface area contributed by atoms with Gasteiger partial charge in [0.1, 0.15) is 11.6 Å². The number of carbonyl (C=O) groups is 1. The van der Waals surface area contributed by atoms with Crippen molar-refractivity contribution in [3.63, 3.8) is 0 Å². The minimum absolute atomic E-state index is 0.203. The highest BCUT2D eigenvalue weighted by molar-refractivity contribution is 7.85. The van der Waals surface area contributed by atoms with E-state index in [1.807, 2.05) is 48.5 Å². The first-order valence-electron chi connectivity index (χ1n) is 12.1. The van der Waals surface area contributed by atoms with E-state index in [2.05, 4.69) is 20.5 Å². The monoisotopic (exact) mass is 570 g/mol. The smallest absolute Gasteiger partial charge is 0.313 e. The van der Waals surface area contributed by atoms with Crippen molar-refractivity contribution in [2.75, 3.05) is 12.4 Å². The maximum atomic E-state index is 12.1. The molecule has 3 heterocycles. The maximum Gasteiger partial charge on any atom is 0.313 e. The second kappa shape index (κ2) is 9.69. The number of hydrogen-bond donors (Lipinski definition) is 3. The fraction of sp³-hybridized carbons (Fsp3) is 0.0741. The van der Waals surface area contributed by atoms with Crippen LogP contribution in [0.15, 0.2) is 78.0 Å². The number of amides is 1. The third-order valence-electron chi connectivity index (χ3n) is 6.53. The van der Waals surface area contributed by atoms with Crippen LogP contribution >= 0.6 is 0 Å². The third-order valence-corrected chi connectivity index (χ3v) is 7.25. The van der Waals surface area contributed by atoms with Gasteiger partial charge in [-0.1, -0.05) is 24.3 Å². The summed E-state index contributed by atoms with van der Waals surface area (Å²) in [4.78, 5) is 16.2. The van der Waals surface area contributed by atoms with Crippen LogP contribution in [0.2, 0.25) is 0 Å². The number of hydrogen-bond acceptors (Lipinski definition) is 9. The average molecular weight is 571 g/mol. The maximum absolute atomic E-state index is 12.1. The number of aryl methyl sites for hydroxylation is 1. The zero-order chi connectivity index (χ0) is 28.9. The molecule has 1 amide bonds. The minimum atomic E-state index is -4.55. The van der Waals surface area contributed by atoms with E-state index in [0.717, 1.165) is 10.9 Å². The number of nitrogens with one attached hydrogen (secondary N) is 1. The summed E-state index contributed by atoms with van der Waals surface area (Å²) in [5.41, 5.74) is 7.86. The summed E-state index contributed by atoms with van der Waals surface area (Å²) in [6, 6.07) is 19.4. The molecule has 0 bridgehead atoms. The van der Waals surface area contributed by atoms with Gasteiger partial charge in [0, 0.05) is 40.7 Å². The number of nitrogens with zero attached hydrogens (tertiary/aromatic N) is 6. The van der Waals surface area contributed by atoms with E-state index >= 15 is 0 Å². The molecule has 3 aromatic carbocycles. The molecule has 0 fully saturated rings. The Morgan fingerprint density at radius 1 is 1.00 bits per heavy atom. The molecule has 0 saturated heterocycles. The van der Waals surface area contributed by atoms with Crippen molar-refractivity contribution < 1.29 is 22.5 Å². The molecule has 6 rings (SSSR count). The number of methoxy groups -OCH3 is 1. The number of fused-ring (bicyclic) bond motifs is 3. The summed E-state index contributed by atoms with van der Waals surface area (Å²) >= 11 is 0. The highest BCUT2D eigenvalue weighted by Gasteiger charge is 2.22. The predicted molar refractivity (Wildman–Crippen MR) is 151 cm³/mol. The van der Waals surface area contributed by atoms with Crippen LogP contribution in [-0.4, -0.2) is 55.4 Å². The lowest BCUT2D eigenvalue weighted by Gasteiger charge is -2.15. The lowest BCUT2D eigenvalue weighted by atomic mass is 10.1. The molecule has 0 saturated carbocycles. The fourth-order valence-electron chi connectivity index (χ4n) is 4.53. The van der Waals surface area contributed by atoms with Crippen LogP contribution in [0, 0.1) is 0 Å². The predicted octanol–water partition coefficient (Wildman–Crippen LogP) is 3.44. The Labute approximate surface area is 233 Å². The van der Waals surface area contributed by atoms with Gasteiger partial charge in [0.15, 0.2) is 17.3 Å². The van der Waals surface area contributed by atoms with Crippen LogP contribution in [0.5, 0.6) is 5.75 Å². The number of anilines is 2. The number of nitrogens with two attached hydrogens (primary N) is 1. The van der Waals surface area contributed by atoms with Crippen LogP contribution in [0.25, 0.3) is 39.2 Å². The van der Waals surface area contributed by atoms with Crippen molar-refractivity contribution >= 4 is 44.0 Å². The van der Waals surface area contributed by atoms with Gasteiger partial charge in [0.25, 0.3) is 0 Å². The van der Waals surface area contributed by atoms with E-state index in [-0.39, 0.29) is 11.4 Å². The lowest BCUT2D eigenvalue weighted by molar-refractivity contribution is 0.100. The molecule has 6 aromatic rings. The average Bonchev–Trinajstić information content (AvgIpc) is 3.57. The van der Waals surface area contributed by atoms with E-state index < -0.39 is 21.1 Å². The van der Waals surface area contributed by atoms with E-state index in [9.17, 15) is 17.8 Å². The Morgan fingerprint density at radius 2 is 1.73 bits per heavy atom. The first-order valence-corrected chi connectivity index (χ1v) is 13.6.